The Kier molecular flexibility index (Phi) is 5.74. The van der Waals surface area contributed by atoms with Crippen LogP contribution in [0.4, 0.5) is 0 Å². The second-order valence-corrected chi connectivity index (χ2v) is 13.9. The van der Waals surface area contributed by atoms with Crippen molar-refractivity contribution in [1.29, 1.82) is 0 Å². The van der Waals surface area contributed by atoms with Gasteiger partial charge in [-0.05, 0) is 79.1 Å². The van der Waals surface area contributed by atoms with E-state index in [1.807, 2.05) is 0 Å². The fraction of sp³-hybridized carbons (Fsp3) is 0.225. The topological polar surface area (TPSA) is 12.9 Å². The highest BCUT2D eigenvalue weighted by molar-refractivity contribution is 6.16. The van der Waals surface area contributed by atoms with Crippen molar-refractivity contribution in [3.05, 3.63) is 114 Å². The normalized spacial score (nSPS) is 12.7. The van der Waals surface area contributed by atoms with Gasteiger partial charge in [0.05, 0.1) is 5.69 Å². The number of hydrogen-bond acceptors (Lipinski definition) is 1. The van der Waals surface area contributed by atoms with Gasteiger partial charge < -0.3 is 0 Å². The highest BCUT2D eigenvalue weighted by Crippen LogP contribution is 2.49. The van der Waals surface area contributed by atoms with Gasteiger partial charge in [0.2, 0.25) is 0 Å². The molecule has 6 aromatic rings. The predicted octanol–water partition coefficient (Wildman–Crippen LogP) is 11.3. The molecule has 0 unspecified atom stereocenters. The first-order valence-corrected chi connectivity index (χ1v) is 14.8. The fourth-order valence-electron chi connectivity index (χ4n) is 6.75. The molecule has 0 atom stereocenters. The van der Waals surface area contributed by atoms with Crippen molar-refractivity contribution in [3.8, 4) is 44.6 Å². The molecule has 0 amide bonds. The van der Waals surface area contributed by atoms with Crippen LogP contribution in [-0.4, -0.2) is 4.98 Å². The van der Waals surface area contributed by atoms with Gasteiger partial charge in [-0.15, -0.1) is 0 Å². The van der Waals surface area contributed by atoms with Crippen LogP contribution in [0.5, 0.6) is 0 Å². The summed E-state index contributed by atoms with van der Waals surface area (Å²) in [7, 11) is 0. The van der Waals surface area contributed by atoms with Crippen molar-refractivity contribution in [2.75, 3.05) is 0 Å². The number of rotatable bonds is 2. The van der Waals surface area contributed by atoms with E-state index >= 15 is 0 Å². The van der Waals surface area contributed by atoms with Crippen LogP contribution in [0.2, 0.25) is 0 Å². The molecule has 0 radical (unpaired) electrons. The van der Waals surface area contributed by atoms with E-state index in [0.29, 0.717) is 0 Å². The van der Waals surface area contributed by atoms with Crippen LogP contribution in [0.25, 0.3) is 66.2 Å². The summed E-state index contributed by atoms with van der Waals surface area (Å²) in [4.78, 5) is 5.22. The van der Waals surface area contributed by atoms with E-state index in [4.69, 9.17) is 4.98 Å². The third-order valence-corrected chi connectivity index (χ3v) is 8.47. The summed E-state index contributed by atoms with van der Waals surface area (Å²) in [5, 5.41) is 5.07. The lowest BCUT2D eigenvalue weighted by Crippen LogP contribution is -2.12. The van der Waals surface area contributed by atoms with Crippen LogP contribution in [-0.2, 0) is 11.8 Å². The minimum absolute atomic E-state index is 0.0159. The van der Waals surface area contributed by atoms with Crippen LogP contribution >= 0.6 is 0 Å². The Hall–Kier alpha value is -4.23. The summed E-state index contributed by atoms with van der Waals surface area (Å²) in [6, 6.07) is 36.2. The number of fused-ring (bicyclic) bond motifs is 6. The van der Waals surface area contributed by atoms with Gasteiger partial charge in [0.25, 0.3) is 0 Å². The van der Waals surface area contributed by atoms with E-state index in [9.17, 15) is 0 Å². The Bertz CT molecular complexity index is 1980. The van der Waals surface area contributed by atoms with Crippen molar-refractivity contribution in [1.82, 2.24) is 4.98 Å². The Balaban J connectivity index is 1.54. The molecule has 7 rings (SSSR count). The molecule has 0 aliphatic heterocycles. The van der Waals surface area contributed by atoms with E-state index in [2.05, 4.69) is 145 Å². The largest absolute Gasteiger partial charge is 0.255 e. The van der Waals surface area contributed by atoms with Gasteiger partial charge in [0, 0.05) is 28.1 Å². The number of hydrogen-bond donors (Lipinski definition) is 0. The molecule has 0 saturated carbocycles. The summed E-state index contributed by atoms with van der Waals surface area (Å²) >= 11 is 0. The van der Waals surface area contributed by atoms with Crippen molar-refractivity contribution in [2.45, 2.75) is 53.4 Å². The van der Waals surface area contributed by atoms with Crippen molar-refractivity contribution in [3.63, 3.8) is 0 Å². The summed E-state index contributed by atoms with van der Waals surface area (Å²) < 4.78 is 0. The van der Waals surface area contributed by atoms with Gasteiger partial charge in [-0.3, -0.25) is 4.98 Å². The maximum atomic E-state index is 5.22. The van der Waals surface area contributed by atoms with Crippen molar-refractivity contribution in [2.24, 2.45) is 5.41 Å². The second-order valence-electron chi connectivity index (χ2n) is 13.9. The smallest absolute Gasteiger partial charge is 0.0781 e. The SMILES string of the molecule is CC(C)(C)Cc1ccc2c(c1)-c1ccccc1-c1cnc(-c3cc(C(C)(C)C)c4ccccc4c3)c3cccc-2c13. The van der Waals surface area contributed by atoms with Gasteiger partial charge >= 0.3 is 0 Å². The molecule has 5 aromatic carbocycles. The number of benzene rings is 5. The average Bonchev–Trinajstić information content (AvgIpc) is 3.05. The molecule has 1 heterocycles. The standard InChI is InChI=1S/C40H37N/c1-39(2,3)23-25-18-19-31-32-16-11-17-33-37(32)35(30-15-10-9-14-29(30)34(31)20-25)24-41-38(33)27-21-26-12-7-8-13-28(26)36(22-27)40(4,5)6/h7-22,24H,23H2,1-6H3. The third-order valence-electron chi connectivity index (χ3n) is 8.47. The van der Waals surface area contributed by atoms with Crippen LogP contribution in [0.15, 0.2) is 103 Å². The lowest BCUT2D eigenvalue weighted by Gasteiger charge is -2.23. The maximum absolute atomic E-state index is 5.22. The highest BCUT2D eigenvalue weighted by atomic mass is 14.7. The maximum Gasteiger partial charge on any atom is 0.0781 e. The Morgan fingerprint density at radius 1 is 0.561 bits per heavy atom. The summed E-state index contributed by atoms with van der Waals surface area (Å²) in [5.74, 6) is 0. The fourth-order valence-corrected chi connectivity index (χ4v) is 6.75. The minimum atomic E-state index is 0.0159. The number of aromatic nitrogens is 1. The summed E-state index contributed by atoms with van der Waals surface area (Å²) in [6.07, 6.45) is 3.16. The van der Waals surface area contributed by atoms with Crippen LogP contribution in [0, 0.1) is 5.41 Å². The van der Waals surface area contributed by atoms with Crippen LogP contribution in [0.1, 0.15) is 52.7 Å². The van der Waals surface area contributed by atoms with Gasteiger partial charge in [-0.2, -0.15) is 0 Å². The molecule has 1 aliphatic carbocycles. The monoisotopic (exact) mass is 531 g/mol. The molecule has 1 heteroatoms. The zero-order valence-corrected chi connectivity index (χ0v) is 25.0. The molecule has 0 fully saturated rings. The Morgan fingerprint density at radius 2 is 1.22 bits per heavy atom. The van der Waals surface area contributed by atoms with Crippen molar-refractivity contribution >= 4 is 21.5 Å². The Labute approximate surface area is 243 Å². The molecule has 1 aromatic heterocycles. The molecule has 0 bridgehead atoms. The highest BCUT2D eigenvalue weighted by Gasteiger charge is 2.25. The third kappa shape index (κ3) is 4.36. The minimum Gasteiger partial charge on any atom is -0.255 e. The molecule has 202 valence electrons. The lowest BCUT2D eigenvalue weighted by atomic mass is 9.82. The average molecular weight is 532 g/mol. The van der Waals surface area contributed by atoms with E-state index < -0.39 is 0 Å². The quantitative estimate of drug-likeness (QED) is 0.216. The van der Waals surface area contributed by atoms with Gasteiger partial charge in [-0.25, -0.2) is 0 Å². The van der Waals surface area contributed by atoms with Crippen molar-refractivity contribution < 1.29 is 0 Å². The molecule has 1 aliphatic rings. The van der Waals surface area contributed by atoms with Crippen LogP contribution in [0.3, 0.4) is 0 Å². The predicted molar refractivity (Wildman–Crippen MR) is 176 cm³/mol. The lowest BCUT2D eigenvalue weighted by molar-refractivity contribution is 0.411. The molecule has 0 N–H and O–H groups in total. The first-order valence-electron chi connectivity index (χ1n) is 14.8. The number of nitrogens with zero attached hydrogens (tertiary/aromatic N) is 1. The Morgan fingerprint density at radius 3 is 1.98 bits per heavy atom. The molecular formula is C40H37N. The van der Waals surface area contributed by atoms with E-state index in [0.717, 1.165) is 12.1 Å². The second kappa shape index (κ2) is 9.14. The van der Waals surface area contributed by atoms with Crippen LogP contribution < -0.4 is 0 Å². The first-order chi connectivity index (χ1) is 19.6. The summed E-state index contributed by atoms with van der Waals surface area (Å²) in [5.41, 5.74) is 12.8. The zero-order valence-electron chi connectivity index (χ0n) is 25.0. The molecule has 0 saturated heterocycles. The molecule has 41 heavy (non-hydrogen) atoms. The van der Waals surface area contributed by atoms with E-state index in [1.54, 1.807) is 0 Å². The molecular weight excluding hydrogens is 494 g/mol. The summed E-state index contributed by atoms with van der Waals surface area (Å²) in [6.45, 7) is 13.8. The molecule has 0 spiro atoms. The molecule has 1 nitrogen and oxygen atoms in total. The van der Waals surface area contributed by atoms with E-state index in [1.165, 1.54) is 71.6 Å². The van der Waals surface area contributed by atoms with E-state index in [-0.39, 0.29) is 10.8 Å². The zero-order chi connectivity index (χ0) is 28.5. The number of pyridine rings is 1. The van der Waals surface area contributed by atoms with Gasteiger partial charge in [0.15, 0.2) is 0 Å². The first kappa shape index (κ1) is 25.7. The van der Waals surface area contributed by atoms with Gasteiger partial charge in [0.1, 0.15) is 0 Å². The van der Waals surface area contributed by atoms with Gasteiger partial charge in [-0.1, -0.05) is 126 Å².